The summed E-state index contributed by atoms with van der Waals surface area (Å²) in [6, 6.07) is 6.03. The third-order valence-electron chi connectivity index (χ3n) is 4.37. The van der Waals surface area contributed by atoms with Gasteiger partial charge in [-0.2, -0.15) is 0 Å². The number of benzene rings is 2. The average molecular weight is 484 g/mol. The first-order valence-corrected chi connectivity index (χ1v) is 9.74. The standard InChI is InChI=1S/C21H14Cl2F3N3O3/c22-13-8-27-9-14(23)19(13)29-20(30)11-3-1-10(2-4-11)5-17(21(31)32)28-12-6-15(24)18(26)16(25)7-12/h1-4,6-9,17,28H,5H2,(H,31,32)(H,27,29,30). The Morgan fingerprint density at radius 1 is 1.00 bits per heavy atom. The zero-order valence-electron chi connectivity index (χ0n) is 16.0. The predicted octanol–water partition coefficient (Wildman–Crippen LogP) is 5.17. The van der Waals surface area contributed by atoms with E-state index in [1.54, 1.807) is 0 Å². The van der Waals surface area contributed by atoms with E-state index in [2.05, 4.69) is 15.6 Å². The molecule has 1 atom stereocenters. The van der Waals surface area contributed by atoms with Crippen LogP contribution in [0.5, 0.6) is 0 Å². The average Bonchev–Trinajstić information content (AvgIpc) is 2.74. The summed E-state index contributed by atoms with van der Waals surface area (Å²) in [6.45, 7) is 0. The maximum Gasteiger partial charge on any atom is 0.326 e. The smallest absolute Gasteiger partial charge is 0.326 e. The van der Waals surface area contributed by atoms with Crippen molar-refractivity contribution in [2.45, 2.75) is 12.5 Å². The van der Waals surface area contributed by atoms with Crippen LogP contribution in [0.2, 0.25) is 10.0 Å². The second-order valence-electron chi connectivity index (χ2n) is 6.62. The van der Waals surface area contributed by atoms with E-state index in [9.17, 15) is 27.9 Å². The van der Waals surface area contributed by atoms with E-state index in [1.165, 1.54) is 36.7 Å². The summed E-state index contributed by atoms with van der Waals surface area (Å²) in [5.74, 6) is -6.33. The molecule has 2 aromatic carbocycles. The number of carboxylic acids is 1. The predicted molar refractivity (Wildman–Crippen MR) is 114 cm³/mol. The van der Waals surface area contributed by atoms with Crippen LogP contribution in [0.3, 0.4) is 0 Å². The lowest BCUT2D eigenvalue weighted by atomic mass is 10.0. The molecule has 3 N–H and O–H groups in total. The Morgan fingerprint density at radius 3 is 2.09 bits per heavy atom. The summed E-state index contributed by atoms with van der Waals surface area (Å²) in [5, 5.41) is 14.8. The van der Waals surface area contributed by atoms with Crippen LogP contribution >= 0.6 is 23.2 Å². The van der Waals surface area contributed by atoms with Crippen molar-refractivity contribution in [2.24, 2.45) is 0 Å². The Labute approximate surface area is 190 Å². The number of carboxylic acid groups (broad SMARTS) is 1. The molecule has 1 unspecified atom stereocenters. The topological polar surface area (TPSA) is 91.3 Å². The summed E-state index contributed by atoms with van der Waals surface area (Å²) >= 11 is 12.0. The molecule has 0 radical (unpaired) electrons. The Morgan fingerprint density at radius 2 is 1.56 bits per heavy atom. The number of anilines is 2. The van der Waals surface area contributed by atoms with Crippen molar-refractivity contribution in [1.82, 2.24) is 4.98 Å². The lowest BCUT2D eigenvalue weighted by molar-refractivity contribution is -0.137. The van der Waals surface area contributed by atoms with E-state index in [4.69, 9.17) is 23.2 Å². The largest absolute Gasteiger partial charge is 0.480 e. The van der Waals surface area contributed by atoms with Crippen LogP contribution in [-0.2, 0) is 11.2 Å². The van der Waals surface area contributed by atoms with E-state index >= 15 is 0 Å². The Hall–Kier alpha value is -3.30. The van der Waals surface area contributed by atoms with Gasteiger partial charge in [-0.1, -0.05) is 35.3 Å². The molecule has 0 fully saturated rings. The van der Waals surface area contributed by atoms with E-state index in [0.29, 0.717) is 17.7 Å². The lowest BCUT2D eigenvalue weighted by Gasteiger charge is -2.16. The van der Waals surface area contributed by atoms with Crippen LogP contribution in [0.15, 0.2) is 48.8 Å². The van der Waals surface area contributed by atoms with Crippen molar-refractivity contribution in [3.05, 3.63) is 87.4 Å². The zero-order chi connectivity index (χ0) is 23.4. The fourth-order valence-electron chi connectivity index (χ4n) is 2.78. The van der Waals surface area contributed by atoms with Crippen LogP contribution in [0, 0.1) is 17.5 Å². The van der Waals surface area contributed by atoms with Gasteiger partial charge in [-0.25, -0.2) is 18.0 Å². The van der Waals surface area contributed by atoms with Gasteiger partial charge in [-0.15, -0.1) is 0 Å². The molecule has 1 aromatic heterocycles. The quantitative estimate of drug-likeness (QED) is 0.403. The van der Waals surface area contributed by atoms with Crippen molar-refractivity contribution < 1.29 is 27.9 Å². The molecule has 11 heteroatoms. The highest BCUT2D eigenvalue weighted by atomic mass is 35.5. The summed E-state index contributed by atoms with van der Waals surface area (Å²) in [4.78, 5) is 27.8. The molecule has 0 aliphatic rings. The molecule has 3 rings (SSSR count). The highest BCUT2D eigenvalue weighted by Crippen LogP contribution is 2.29. The minimum atomic E-state index is -1.65. The van der Waals surface area contributed by atoms with Crippen LogP contribution < -0.4 is 10.6 Å². The van der Waals surface area contributed by atoms with Crippen LogP contribution in [0.4, 0.5) is 24.5 Å². The Balaban J connectivity index is 1.71. The van der Waals surface area contributed by atoms with Crippen LogP contribution in [-0.4, -0.2) is 28.0 Å². The van der Waals surface area contributed by atoms with Crippen molar-refractivity contribution in [3.63, 3.8) is 0 Å². The SMILES string of the molecule is O=C(Nc1c(Cl)cncc1Cl)c1ccc(CC(Nc2cc(F)c(F)c(F)c2)C(=O)O)cc1. The molecule has 166 valence electrons. The maximum atomic E-state index is 13.4. The van der Waals surface area contributed by atoms with E-state index in [1.807, 2.05) is 0 Å². The minimum Gasteiger partial charge on any atom is -0.480 e. The number of amides is 1. The third-order valence-corrected chi connectivity index (χ3v) is 4.94. The normalized spacial score (nSPS) is 11.7. The van der Waals surface area contributed by atoms with E-state index in [0.717, 1.165) is 0 Å². The van der Waals surface area contributed by atoms with Gasteiger partial charge in [0.15, 0.2) is 17.5 Å². The highest BCUT2D eigenvalue weighted by molar-refractivity contribution is 6.39. The van der Waals surface area contributed by atoms with Gasteiger partial charge in [0, 0.05) is 42.2 Å². The fraction of sp³-hybridized carbons (Fsp3) is 0.0952. The first-order chi connectivity index (χ1) is 15.2. The number of carbonyl (C=O) groups excluding carboxylic acids is 1. The zero-order valence-corrected chi connectivity index (χ0v) is 17.5. The van der Waals surface area contributed by atoms with Crippen LogP contribution in [0.25, 0.3) is 0 Å². The number of hydrogen-bond donors (Lipinski definition) is 3. The summed E-state index contributed by atoms with van der Waals surface area (Å²) < 4.78 is 39.9. The second kappa shape index (κ2) is 9.88. The Bertz CT molecular complexity index is 1130. The number of hydrogen-bond acceptors (Lipinski definition) is 4. The summed E-state index contributed by atoms with van der Waals surface area (Å²) in [5.41, 5.74) is 0.743. The maximum absolute atomic E-state index is 13.4. The first kappa shape index (κ1) is 23.4. The number of carbonyl (C=O) groups is 2. The molecule has 1 heterocycles. The van der Waals surface area contributed by atoms with Crippen molar-refractivity contribution >= 4 is 46.5 Å². The number of rotatable bonds is 7. The molecule has 32 heavy (non-hydrogen) atoms. The summed E-state index contributed by atoms with van der Waals surface area (Å²) in [7, 11) is 0. The van der Waals surface area contributed by atoms with Gasteiger partial charge in [-0.05, 0) is 17.7 Å². The number of pyridine rings is 1. The Kier molecular flexibility index (Phi) is 7.22. The highest BCUT2D eigenvalue weighted by Gasteiger charge is 2.20. The van der Waals surface area contributed by atoms with E-state index < -0.39 is 35.4 Å². The van der Waals surface area contributed by atoms with Crippen molar-refractivity contribution in [1.29, 1.82) is 0 Å². The number of nitrogens with one attached hydrogen (secondary N) is 2. The monoisotopic (exact) mass is 483 g/mol. The van der Waals surface area contributed by atoms with Gasteiger partial charge in [-0.3, -0.25) is 9.78 Å². The van der Waals surface area contributed by atoms with Crippen LogP contribution in [0.1, 0.15) is 15.9 Å². The number of aromatic nitrogens is 1. The summed E-state index contributed by atoms with van der Waals surface area (Å²) in [6.07, 6.45) is 2.56. The van der Waals surface area contributed by atoms with Gasteiger partial charge >= 0.3 is 5.97 Å². The molecule has 0 aliphatic carbocycles. The molecular formula is C21H14Cl2F3N3O3. The first-order valence-electron chi connectivity index (χ1n) is 8.99. The fourth-order valence-corrected chi connectivity index (χ4v) is 3.24. The molecule has 0 saturated carbocycles. The third kappa shape index (κ3) is 5.49. The van der Waals surface area contributed by atoms with E-state index in [-0.39, 0.29) is 33.4 Å². The molecule has 0 aliphatic heterocycles. The van der Waals surface area contributed by atoms with Gasteiger partial charge < -0.3 is 15.7 Å². The van der Waals surface area contributed by atoms with Gasteiger partial charge in [0.05, 0.1) is 15.7 Å². The van der Waals surface area contributed by atoms with Gasteiger partial charge in [0.1, 0.15) is 6.04 Å². The molecule has 1 amide bonds. The number of aliphatic carboxylic acids is 1. The lowest BCUT2D eigenvalue weighted by Crippen LogP contribution is -2.31. The molecule has 0 spiro atoms. The number of halogens is 5. The minimum absolute atomic E-state index is 0.0835. The molecule has 6 nitrogen and oxygen atoms in total. The molecule has 3 aromatic rings. The van der Waals surface area contributed by atoms with Crippen molar-refractivity contribution in [3.8, 4) is 0 Å². The molecule has 0 bridgehead atoms. The van der Waals surface area contributed by atoms with Gasteiger partial charge in [0.2, 0.25) is 0 Å². The second-order valence-corrected chi connectivity index (χ2v) is 7.44. The molecular weight excluding hydrogens is 470 g/mol. The number of nitrogens with zero attached hydrogens (tertiary/aromatic N) is 1. The van der Waals surface area contributed by atoms with Gasteiger partial charge in [0.25, 0.3) is 5.91 Å². The molecule has 0 saturated heterocycles. The van der Waals surface area contributed by atoms with Crippen molar-refractivity contribution in [2.75, 3.05) is 10.6 Å².